The van der Waals surface area contributed by atoms with E-state index in [9.17, 15) is 0 Å². The Morgan fingerprint density at radius 3 is 2.74 bits per heavy atom. The Hall–Kier alpha value is -1.22. The van der Waals surface area contributed by atoms with Crippen molar-refractivity contribution in [1.29, 1.82) is 0 Å². The minimum Gasteiger partial charge on any atom is -0.493 e. The van der Waals surface area contributed by atoms with Crippen LogP contribution in [0.4, 0.5) is 0 Å². The van der Waals surface area contributed by atoms with Gasteiger partial charge in [0.2, 0.25) is 0 Å². The number of rotatable bonds is 9. The summed E-state index contributed by atoms with van der Waals surface area (Å²) in [7, 11) is 1.68. The van der Waals surface area contributed by atoms with Crippen molar-refractivity contribution in [3.63, 3.8) is 0 Å². The molecule has 108 valence electrons. The molecule has 1 rings (SSSR count). The molecule has 1 N–H and O–H groups in total. The highest BCUT2D eigenvalue weighted by atomic mass is 16.5. The SMILES string of the molecule is CCCNC(C)CCCOc1ccc(C)cc1OC. The molecule has 0 aliphatic rings. The molecule has 0 heterocycles. The van der Waals surface area contributed by atoms with Crippen molar-refractivity contribution < 1.29 is 9.47 Å². The fraction of sp³-hybridized carbons (Fsp3) is 0.625. The highest BCUT2D eigenvalue weighted by Crippen LogP contribution is 2.27. The van der Waals surface area contributed by atoms with Gasteiger partial charge in [-0.3, -0.25) is 0 Å². The van der Waals surface area contributed by atoms with Gasteiger partial charge < -0.3 is 14.8 Å². The molecule has 0 radical (unpaired) electrons. The van der Waals surface area contributed by atoms with Crippen LogP contribution in [-0.2, 0) is 0 Å². The summed E-state index contributed by atoms with van der Waals surface area (Å²) in [4.78, 5) is 0. The van der Waals surface area contributed by atoms with Crippen LogP contribution in [0.5, 0.6) is 11.5 Å². The summed E-state index contributed by atoms with van der Waals surface area (Å²) in [6.07, 6.45) is 3.37. The quantitative estimate of drug-likeness (QED) is 0.693. The van der Waals surface area contributed by atoms with Crippen LogP contribution in [0.2, 0.25) is 0 Å². The molecule has 19 heavy (non-hydrogen) atoms. The molecular weight excluding hydrogens is 238 g/mol. The first-order valence-electron chi connectivity index (χ1n) is 7.18. The molecule has 0 saturated heterocycles. The molecule has 0 amide bonds. The second-order valence-electron chi connectivity index (χ2n) is 5.00. The Kier molecular flexibility index (Phi) is 7.34. The Morgan fingerprint density at radius 2 is 2.05 bits per heavy atom. The van der Waals surface area contributed by atoms with Gasteiger partial charge in [0.1, 0.15) is 0 Å². The van der Waals surface area contributed by atoms with E-state index in [2.05, 4.69) is 19.2 Å². The number of ether oxygens (including phenoxy) is 2. The van der Waals surface area contributed by atoms with Gasteiger partial charge in [0.15, 0.2) is 11.5 Å². The van der Waals surface area contributed by atoms with Gasteiger partial charge in [-0.2, -0.15) is 0 Å². The molecule has 0 fully saturated rings. The van der Waals surface area contributed by atoms with Gasteiger partial charge in [-0.05, 0) is 57.4 Å². The van der Waals surface area contributed by atoms with Crippen molar-refractivity contribution in [3.8, 4) is 11.5 Å². The van der Waals surface area contributed by atoms with Crippen molar-refractivity contribution in [2.24, 2.45) is 0 Å². The number of benzene rings is 1. The normalized spacial score (nSPS) is 12.2. The third-order valence-electron chi connectivity index (χ3n) is 3.10. The summed E-state index contributed by atoms with van der Waals surface area (Å²) < 4.78 is 11.1. The minimum absolute atomic E-state index is 0.559. The minimum atomic E-state index is 0.559. The zero-order valence-corrected chi connectivity index (χ0v) is 12.7. The Labute approximate surface area is 117 Å². The van der Waals surface area contributed by atoms with E-state index < -0.39 is 0 Å². The van der Waals surface area contributed by atoms with Crippen molar-refractivity contribution in [1.82, 2.24) is 5.32 Å². The Morgan fingerprint density at radius 1 is 1.26 bits per heavy atom. The topological polar surface area (TPSA) is 30.5 Å². The van der Waals surface area contributed by atoms with E-state index >= 15 is 0 Å². The second kappa shape index (κ2) is 8.81. The first-order valence-corrected chi connectivity index (χ1v) is 7.18. The molecule has 1 aromatic carbocycles. The summed E-state index contributed by atoms with van der Waals surface area (Å²) in [6, 6.07) is 6.58. The van der Waals surface area contributed by atoms with Crippen LogP contribution in [0.25, 0.3) is 0 Å². The van der Waals surface area contributed by atoms with Crippen LogP contribution < -0.4 is 14.8 Å². The average molecular weight is 265 g/mol. The number of nitrogens with one attached hydrogen (secondary N) is 1. The number of hydrogen-bond acceptors (Lipinski definition) is 3. The third kappa shape index (κ3) is 5.97. The summed E-state index contributed by atoms with van der Waals surface area (Å²) in [5, 5.41) is 3.48. The van der Waals surface area contributed by atoms with Gasteiger partial charge >= 0.3 is 0 Å². The van der Waals surface area contributed by atoms with Gasteiger partial charge in [-0.1, -0.05) is 13.0 Å². The molecule has 0 aliphatic carbocycles. The molecule has 3 nitrogen and oxygen atoms in total. The molecule has 0 bridgehead atoms. The van der Waals surface area contributed by atoms with E-state index in [1.165, 1.54) is 12.0 Å². The molecule has 1 atom stereocenters. The standard InChI is InChI=1S/C16H27NO2/c1-5-10-17-14(3)7-6-11-19-15-9-8-13(2)12-16(15)18-4/h8-9,12,14,17H,5-7,10-11H2,1-4H3. The third-order valence-corrected chi connectivity index (χ3v) is 3.10. The van der Waals surface area contributed by atoms with E-state index in [0.717, 1.165) is 37.5 Å². The molecule has 0 aliphatic heterocycles. The van der Waals surface area contributed by atoms with Crippen LogP contribution in [0, 0.1) is 6.92 Å². The van der Waals surface area contributed by atoms with Crippen LogP contribution in [0.15, 0.2) is 18.2 Å². The molecule has 3 heteroatoms. The summed E-state index contributed by atoms with van der Waals surface area (Å²) in [6.45, 7) is 8.29. The van der Waals surface area contributed by atoms with Gasteiger partial charge in [0.25, 0.3) is 0 Å². The lowest BCUT2D eigenvalue weighted by atomic mass is 10.2. The lowest BCUT2D eigenvalue weighted by Gasteiger charge is -2.14. The molecule has 0 aromatic heterocycles. The van der Waals surface area contributed by atoms with E-state index in [4.69, 9.17) is 9.47 Å². The molecule has 0 saturated carbocycles. The first-order chi connectivity index (χ1) is 9.17. The summed E-state index contributed by atoms with van der Waals surface area (Å²) in [5.74, 6) is 1.65. The fourth-order valence-corrected chi connectivity index (χ4v) is 1.96. The first kappa shape index (κ1) is 15.8. The van der Waals surface area contributed by atoms with Crippen molar-refractivity contribution >= 4 is 0 Å². The maximum atomic E-state index is 5.79. The maximum Gasteiger partial charge on any atom is 0.161 e. The predicted molar refractivity (Wildman–Crippen MR) is 80.2 cm³/mol. The molecule has 1 unspecified atom stereocenters. The highest BCUT2D eigenvalue weighted by Gasteiger charge is 2.05. The average Bonchev–Trinajstić information content (AvgIpc) is 2.42. The smallest absolute Gasteiger partial charge is 0.161 e. The van der Waals surface area contributed by atoms with Crippen molar-refractivity contribution in [3.05, 3.63) is 23.8 Å². The van der Waals surface area contributed by atoms with Crippen LogP contribution in [0.1, 0.15) is 38.7 Å². The van der Waals surface area contributed by atoms with Crippen LogP contribution in [-0.4, -0.2) is 26.3 Å². The van der Waals surface area contributed by atoms with E-state index in [-0.39, 0.29) is 0 Å². The fourth-order valence-electron chi connectivity index (χ4n) is 1.96. The summed E-state index contributed by atoms with van der Waals surface area (Å²) in [5.41, 5.74) is 1.18. The number of methoxy groups -OCH3 is 1. The van der Waals surface area contributed by atoms with Crippen molar-refractivity contribution in [2.75, 3.05) is 20.3 Å². The van der Waals surface area contributed by atoms with Crippen LogP contribution >= 0.6 is 0 Å². The zero-order valence-electron chi connectivity index (χ0n) is 12.7. The van der Waals surface area contributed by atoms with Crippen molar-refractivity contribution in [2.45, 2.75) is 46.1 Å². The highest BCUT2D eigenvalue weighted by molar-refractivity contribution is 5.42. The van der Waals surface area contributed by atoms with Crippen LogP contribution in [0.3, 0.4) is 0 Å². The largest absolute Gasteiger partial charge is 0.493 e. The van der Waals surface area contributed by atoms with E-state index in [1.54, 1.807) is 7.11 Å². The van der Waals surface area contributed by atoms with E-state index in [1.807, 2.05) is 25.1 Å². The Balaban J connectivity index is 2.29. The molecular formula is C16H27NO2. The lowest BCUT2D eigenvalue weighted by Crippen LogP contribution is -2.26. The number of hydrogen-bond donors (Lipinski definition) is 1. The summed E-state index contributed by atoms with van der Waals surface area (Å²) >= 11 is 0. The Bertz CT molecular complexity index is 366. The molecule has 1 aromatic rings. The van der Waals surface area contributed by atoms with Gasteiger partial charge in [-0.15, -0.1) is 0 Å². The lowest BCUT2D eigenvalue weighted by molar-refractivity contribution is 0.280. The number of aryl methyl sites for hydroxylation is 1. The molecule has 0 spiro atoms. The monoisotopic (exact) mass is 265 g/mol. The maximum absolute atomic E-state index is 5.79. The second-order valence-corrected chi connectivity index (χ2v) is 5.00. The van der Waals surface area contributed by atoms with E-state index in [0.29, 0.717) is 6.04 Å². The predicted octanol–water partition coefficient (Wildman–Crippen LogP) is 3.55. The van der Waals surface area contributed by atoms with Gasteiger partial charge in [0, 0.05) is 6.04 Å². The van der Waals surface area contributed by atoms with Gasteiger partial charge in [0.05, 0.1) is 13.7 Å². The van der Waals surface area contributed by atoms with Gasteiger partial charge in [-0.25, -0.2) is 0 Å². The zero-order chi connectivity index (χ0) is 14.1.